The average molecular weight is 373 g/mol. The molecule has 2 saturated heterocycles. The van der Waals surface area contributed by atoms with Crippen molar-refractivity contribution in [3.8, 4) is 0 Å². The number of hydrogen-bond donors (Lipinski definition) is 1. The minimum absolute atomic E-state index is 0.0451. The lowest BCUT2D eigenvalue weighted by Gasteiger charge is -2.51. The molecule has 6 nitrogen and oxygen atoms in total. The van der Waals surface area contributed by atoms with Gasteiger partial charge in [-0.2, -0.15) is 0 Å². The number of rotatable bonds is 4. The van der Waals surface area contributed by atoms with Gasteiger partial charge in [0.25, 0.3) is 5.56 Å². The summed E-state index contributed by atoms with van der Waals surface area (Å²) < 4.78 is 1.45. The smallest absolute Gasteiger partial charge is 0.250 e. The quantitative estimate of drug-likeness (QED) is 0.812. The Morgan fingerprint density at radius 3 is 2.85 bits per heavy atom. The van der Waals surface area contributed by atoms with Crippen LogP contribution < -0.4 is 5.56 Å². The first kappa shape index (κ1) is 19.8. The number of nitrogens with zero attached hydrogens (tertiary/aromatic N) is 3. The molecule has 6 heteroatoms. The first-order chi connectivity index (χ1) is 12.9. The monoisotopic (exact) mass is 373 g/mol. The molecule has 3 rings (SSSR count). The number of amides is 1. The van der Waals surface area contributed by atoms with Crippen molar-refractivity contribution in [2.24, 2.45) is 5.41 Å². The van der Waals surface area contributed by atoms with Crippen LogP contribution >= 0.6 is 0 Å². The van der Waals surface area contributed by atoms with Crippen LogP contribution in [0.2, 0.25) is 0 Å². The Balaban J connectivity index is 1.70. The van der Waals surface area contributed by atoms with Crippen LogP contribution in [0, 0.1) is 5.41 Å². The molecular weight excluding hydrogens is 342 g/mol. The third-order valence-corrected chi connectivity index (χ3v) is 6.10. The van der Waals surface area contributed by atoms with Crippen molar-refractivity contribution in [2.75, 3.05) is 32.7 Å². The van der Waals surface area contributed by atoms with Crippen LogP contribution in [0.25, 0.3) is 0 Å². The number of aliphatic hydroxyl groups excluding tert-OH is 1. The van der Waals surface area contributed by atoms with E-state index in [1.54, 1.807) is 18.3 Å². The van der Waals surface area contributed by atoms with Gasteiger partial charge < -0.3 is 14.6 Å². The molecule has 0 unspecified atom stereocenters. The third kappa shape index (κ3) is 4.50. The average Bonchev–Trinajstić information content (AvgIpc) is 2.66. The van der Waals surface area contributed by atoms with E-state index < -0.39 is 0 Å². The van der Waals surface area contributed by atoms with Gasteiger partial charge in [-0.15, -0.1) is 0 Å². The maximum Gasteiger partial charge on any atom is 0.250 e. The van der Waals surface area contributed by atoms with Crippen LogP contribution in [-0.4, -0.2) is 64.2 Å². The van der Waals surface area contributed by atoms with Crippen molar-refractivity contribution in [1.82, 2.24) is 14.4 Å². The summed E-state index contributed by atoms with van der Waals surface area (Å²) in [5, 5.41) is 10.8. The van der Waals surface area contributed by atoms with Crippen LogP contribution in [0.15, 0.2) is 40.8 Å². The van der Waals surface area contributed by atoms with Crippen molar-refractivity contribution in [2.45, 2.75) is 45.8 Å². The molecule has 27 heavy (non-hydrogen) atoms. The molecule has 0 saturated carbocycles. The zero-order chi connectivity index (χ0) is 19.4. The van der Waals surface area contributed by atoms with Gasteiger partial charge in [-0.05, 0) is 39.2 Å². The summed E-state index contributed by atoms with van der Waals surface area (Å²) in [5.74, 6) is -0.0451. The SMILES string of the molecule is C/C=C(\C)CN1CC[C@@H](O)[C@]2(CCCN(C(=O)Cn3ccccc3=O)C2)C1. The van der Waals surface area contributed by atoms with E-state index in [4.69, 9.17) is 0 Å². The number of piperidine rings is 2. The van der Waals surface area contributed by atoms with Gasteiger partial charge in [-0.1, -0.05) is 17.7 Å². The predicted octanol–water partition coefficient (Wildman–Crippen LogP) is 1.49. The molecule has 1 aromatic rings. The summed E-state index contributed by atoms with van der Waals surface area (Å²) in [6.45, 7) is 8.13. The molecule has 148 valence electrons. The van der Waals surface area contributed by atoms with Gasteiger partial charge in [-0.25, -0.2) is 0 Å². The zero-order valence-corrected chi connectivity index (χ0v) is 16.4. The fourth-order valence-corrected chi connectivity index (χ4v) is 4.43. The minimum Gasteiger partial charge on any atom is -0.392 e. The summed E-state index contributed by atoms with van der Waals surface area (Å²) in [5.41, 5.74) is 0.902. The number of aliphatic hydroxyl groups is 1. The summed E-state index contributed by atoms with van der Waals surface area (Å²) in [6.07, 6.45) is 5.98. The first-order valence-electron chi connectivity index (χ1n) is 9.89. The molecule has 1 N–H and O–H groups in total. The Kier molecular flexibility index (Phi) is 6.17. The maximum atomic E-state index is 12.8. The number of hydrogen-bond acceptors (Lipinski definition) is 4. The molecule has 2 atom stereocenters. The molecule has 0 bridgehead atoms. The highest BCUT2D eigenvalue weighted by molar-refractivity contribution is 5.76. The van der Waals surface area contributed by atoms with Crippen molar-refractivity contribution >= 4 is 5.91 Å². The summed E-state index contributed by atoms with van der Waals surface area (Å²) in [6, 6.07) is 4.91. The molecule has 0 aliphatic carbocycles. The number of pyridine rings is 1. The molecule has 1 spiro atoms. The molecular formula is C21H31N3O3. The minimum atomic E-state index is -0.380. The van der Waals surface area contributed by atoms with E-state index in [0.717, 1.165) is 38.9 Å². The van der Waals surface area contributed by atoms with Gasteiger partial charge in [0.05, 0.1) is 6.10 Å². The van der Waals surface area contributed by atoms with Crippen LogP contribution in [0.5, 0.6) is 0 Å². The van der Waals surface area contributed by atoms with Gasteiger partial charge in [0.1, 0.15) is 6.54 Å². The normalized spacial score (nSPS) is 27.1. The van der Waals surface area contributed by atoms with E-state index in [0.29, 0.717) is 13.1 Å². The van der Waals surface area contributed by atoms with Crippen molar-refractivity contribution < 1.29 is 9.90 Å². The standard InChI is InChI=1S/C21H31N3O3/c1-3-17(2)13-22-12-8-18(25)21(15-22)9-6-11-24(16-21)20(27)14-23-10-5-4-7-19(23)26/h3-5,7,10,18,25H,6,8-9,11-16H2,1-2H3/b17-3+/t18-,21-/m1/s1. The molecule has 0 aromatic carbocycles. The highest BCUT2D eigenvalue weighted by atomic mass is 16.3. The van der Waals surface area contributed by atoms with Gasteiger partial charge in [0.2, 0.25) is 5.91 Å². The lowest BCUT2D eigenvalue weighted by molar-refractivity contribution is -0.141. The molecule has 2 aliphatic heterocycles. The molecule has 2 fully saturated rings. The van der Waals surface area contributed by atoms with Crippen molar-refractivity contribution in [3.05, 3.63) is 46.4 Å². The van der Waals surface area contributed by atoms with Crippen LogP contribution in [0.4, 0.5) is 0 Å². The van der Waals surface area contributed by atoms with E-state index in [-0.39, 0.29) is 29.5 Å². The molecule has 0 radical (unpaired) electrons. The van der Waals surface area contributed by atoms with E-state index in [9.17, 15) is 14.7 Å². The summed E-state index contributed by atoms with van der Waals surface area (Å²) >= 11 is 0. The molecule has 1 aromatic heterocycles. The van der Waals surface area contributed by atoms with Crippen LogP contribution in [0.1, 0.15) is 33.1 Å². The second-order valence-electron chi connectivity index (χ2n) is 8.10. The Hall–Kier alpha value is -1.92. The van der Waals surface area contributed by atoms with E-state index in [1.165, 1.54) is 16.2 Å². The largest absolute Gasteiger partial charge is 0.392 e. The van der Waals surface area contributed by atoms with Crippen molar-refractivity contribution in [1.29, 1.82) is 0 Å². The lowest BCUT2D eigenvalue weighted by Crippen LogP contribution is -2.60. The fraction of sp³-hybridized carbons (Fsp3) is 0.619. The van der Waals surface area contributed by atoms with Gasteiger partial charge in [-0.3, -0.25) is 14.5 Å². The number of aromatic nitrogens is 1. The maximum absolute atomic E-state index is 12.8. The highest BCUT2D eigenvalue weighted by Gasteiger charge is 2.46. The fourth-order valence-electron chi connectivity index (χ4n) is 4.43. The Bertz CT molecular complexity index is 757. The summed E-state index contributed by atoms with van der Waals surface area (Å²) in [4.78, 5) is 29.0. The second-order valence-corrected chi connectivity index (χ2v) is 8.10. The Morgan fingerprint density at radius 1 is 1.30 bits per heavy atom. The van der Waals surface area contributed by atoms with Crippen LogP contribution in [-0.2, 0) is 11.3 Å². The van der Waals surface area contributed by atoms with Gasteiger partial charge in [0, 0.05) is 50.4 Å². The van der Waals surface area contributed by atoms with E-state index >= 15 is 0 Å². The predicted molar refractivity (Wildman–Crippen MR) is 105 cm³/mol. The highest BCUT2D eigenvalue weighted by Crippen LogP contribution is 2.39. The molecule has 3 heterocycles. The van der Waals surface area contributed by atoms with E-state index in [2.05, 4.69) is 24.8 Å². The number of carbonyl (C=O) groups is 1. The van der Waals surface area contributed by atoms with E-state index in [1.807, 2.05) is 4.90 Å². The lowest BCUT2D eigenvalue weighted by atomic mass is 9.71. The van der Waals surface area contributed by atoms with Gasteiger partial charge in [0.15, 0.2) is 0 Å². The van der Waals surface area contributed by atoms with Crippen LogP contribution in [0.3, 0.4) is 0 Å². The number of carbonyl (C=O) groups excluding carboxylic acids is 1. The topological polar surface area (TPSA) is 65.8 Å². The molecule has 2 aliphatic rings. The zero-order valence-electron chi connectivity index (χ0n) is 16.4. The third-order valence-electron chi connectivity index (χ3n) is 6.10. The summed E-state index contributed by atoms with van der Waals surface area (Å²) in [7, 11) is 0. The number of allylic oxidation sites excluding steroid dienone is 1. The Morgan fingerprint density at radius 2 is 2.11 bits per heavy atom. The molecule has 1 amide bonds. The number of likely N-dealkylation sites (tertiary alicyclic amines) is 2. The first-order valence-corrected chi connectivity index (χ1v) is 9.89. The van der Waals surface area contributed by atoms with Crippen molar-refractivity contribution in [3.63, 3.8) is 0 Å². The van der Waals surface area contributed by atoms with Gasteiger partial charge >= 0.3 is 0 Å². The Labute approximate surface area is 161 Å². The second kappa shape index (κ2) is 8.40.